The minimum atomic E-state index is -0.564. The summed E-state index contributed by atoms with van der Waals surface area (Å²) in [4.78, 5) is 27.5. The normalized spacial score (nSPS) is 17.5. The van der Waals surface area contributed by atoms with E-state index in [2.05, 4.69) is 10.6 Å². The van der Waals surface area contributed by atoms with Gasteiger partial charge >= 0.3 is 0 Å². The molecule has 0 saturated heterocycles. The number of anilines is 1. The lowest BCUT2D eigenvalue weighted by Crippen LogP contribution is -2.52. The van der Waals surface area contributed by atoms with Gasteiger partial charge in [-0.3, -0.25) is 9.59 Å². The molecule has 0 spiro atoms. The van der Waals surface area contributed by atoms with Crippen LogP contribution < -0.4 is 20.3 Å². The first-order valence-electron chi connectivity index (χ1n) is 9.53. The van der Waals surface area contributed by atoms with E-state index in [-0.39, 0.29) is 17.9 Å². The van der Waals surface area contributed by atoms with Gasteiger partial charge in [0.05, 0.1) is 25.4 Å². The molecule has 6 heteroatoms. The number of methoxy groups -OCH3 is 1. The average Bonchev–Trinajstić information content (AvgIpc) is 2.85. The van der Waals surface area contributed by atoms with Crippen LogP contribution in [0.15, 0.2) is 48.5 Å². The summed E-state index contributed by atoms with van der Waals surface area (Å²) in [5.41, 5.74) is 2.94. The van der Waals surface area contributed by atoms with Crippen molar-refractivity contribution in [1.82, 2.24) is 10.6 Å². The third-order valence-corrected chi connectivity index (χ3v) is 5.18. The van der Waals surface area contributed by atoms with Crippen molar-refractivity contribution in [3.63, 3.8) is 0 Å². The summed E-state index contributed by atoms with van der Waals surface area (Å²) in [5, 5.41) is 5.83. The molecule has 2 aromatic rings. The molecule has 1 aliphatic rings. The third-order valence-electron chi connectivity index (χ3n) is 5.18. The van der Waals surface area contributed by atoms with Crippen LogP contribution in [-0.2, 0) is 22.6 Å². The number of aryl methyl sites for hydroxylation is 1. The summed E-state index contributed by atoms with van der Waals surface area (Å²) < 4.78 is 5.38. The Morgan fingerprint density at radius 2 is 2.00 bits per heavy atom. The van der Waals surface area contributed by atoms with E-state index >= 15 is 0 Å². The maximum atomic E-state index is 13.4. The van der Waals surface area contributed by atoms with Crippen molar-refractivity contribution in [2.75, 3.05) is 19.1 Å². The van der Waals surface area contributed by atoms with Crippen molar-refractivity contribution in [3.05, 3.63) is 59.7 Å². The summed E-state index contributed by atoms with van der Waals surface area (Å²) in [6.07, 6.45) is 1.26. The van der Waals surface area contributed by atoms with E-state index in [9.17, 15) is 9.59 Å². The smallest absolute Gasteiger partial charge is 0.249 e. The summed E-state index contributed by atoms with van der Waals surface area (Å²) >= 11 is 0. The lowest BCUT2D eigenvalue weighted by Gasteiger charge is -2.27. The van der Waals surface area contributed by atoms with Crippen LogP contribution in [0.4, 0.5) is 5.69 Å². The van der Waals surface area contributed by atoms with E-state index < -0.39 is 6.04 Å². The lowest BCUT2D eigenvalue weighted by molar-refractivity contribution is -0.128. The second-order valence-corrected chi connectivity index (χ2v) is 7.01. The van der Waals surface area contributed by atoms with Crippen LogP contribution in [0, 0.1) is 0 Å². The highest BCUT2D eigenvalue weighted by Crippen LogP contribution is 2.32. The number of amides is 2. The largest absolute Gasteiger partial charge is 0.497 e. The van der Waals surface area contributed by atoms with Gasteiger partial charge in [0, 0.05) is 6.07 Å². The van der Waals surface area contributed by atoms with Crippen molar-refractivity contribution in [2.45, 2.75) is 38.4 Å². The van der Waals surface area contributed by atoms with Crippen LogP contribution in [0.5, 0.6) is 5.75 Å². The SMILES string of the molecule is CN[C@@H](C)C(=O)NC1CCc2ccc(OC)cc2N(Cc2ccccc2)C1=O. The van der Waals surface area contributed by atoms with Crippen LogP contribution in [0.3, 0.4) is 0 Å². The third kappa shape index (κ3) is 4.34. The van der Waals surface area contributed by atoms with Crippen LogP contribution in [0.1, 0.15) is 24.5 Å². The minimum absolute atomic E-state index is 0.104. The Morgan fingerprint density at radius 3 is 2.68 bits per heavy atom. The molecule has 2 N–H and O–H groups in total. The Bertz CT molecular complexity index is 838. The highest BCUT2D eigenvalue weighted by atomic mass is 16.5. The Balaban J connectivity index is 1.95. The maximum Gasteiger partial charge on any atom is 0.249 e. The quantitative estimate of drug-likeness (QED) is 0.805. The zero-order valence-corrected chi connectivity index (χ0v) is 16.6. The van der Waals surface area contributed by atoms with E-state index in [0.717, 1.165) is 16.8 Å². The van der Waals surface area contributed by atoms with E-state index in [1.165, 1.54) is 0 Å². The topological polar surface area (TPSA) is 70.7 Å². The highest BCUT2D eigenvalue weighted by Gasteiger charge is 2.32. The number of nitrogens with one attached hydrogen (secondary N) is 2. The van der Waals surface area contributed by atoms with E-state index in [1.54, 1.807) is 26.0 Å². The number of carbonyl (C=O) groups is 2. The van der Waals surface area contributed by atoms with Gasteiger partial charge in [0.15, 0.2) is 0 Å². The first kappa shape index (κ1) is 19.9. The predicted molar refractivity (Wildman–Crippen MR) is 109 cm³/mol. The molecule has 0 aliphatic carbocycles. The number of hydrogen-bond donors (Lipinski definition) is 2. The molecule has 0 aromatic heterocycles. The Kier molecular flexibility index (Phi) is 6.31. The van der Waals surface area contributed by atoms with Gasteiger partial charge in [-0.25, -0.2) is 0 Å². The van der Waals surface area contributed by atoms with Crippen molar-refractivity contribution in [2.24, 2.45) is 0 Å². The van der Waals surface area contributed by atoms with Gasteiger partial charge in [-0.2, -0.15) is 0 Å². The first-order valence-corrected chi connectivity index (χ1v) is 9.53. The molecule has 28 heavy (non-hydrogen) atoms. The van der Waals surface area contributed by atoms with Crippen LogP contribution >= 0.6 is 0 Å². The minimum Gasteiger partial charge on any atom is -0.497 e. The maximum absolute atomic E-state index is 13.4. The molecule has 1 aliphatic heterocycles. The molecule has 0 radical (unpaired) electrons. The Hall–Kier alpha value is -2.86. The number of ether oxygens (including phenoxy) is 1. The molecule has 2 amide bonds. The number of rotatable bonds is 6. The van der Waals surface area contributed by atoms with E-state index in [1.807, 2.05) is 48.5 Å². The number of benzene rings is 2. The molecule has 0 bridgehead atoms. The van der Waals surface area contributed by atoms with Crippen molar-refractivity contribution in [1.29, 1.82) is 0 Å². The first-order chi connectivity index (χ1) is 13.5. The van der Waals surface area contributed by atoms with Gasteiger partial charge in [-0.05, 0) is 44.0 Å². The zero-order valence-electron chi connectivity index (χ0n) is 16.6. The lowest BCUT2D eigenvalue weighted by atomic mass is 10.1. The number of fused-ring (bicyclic) bond motifs is 1. The fourth-order valence-corrected chi connectivity index (χ4v) is 3.35. The standard InChI is InChI=1S/C22H27N3O3/c1-15(23-2)21(26)24-19-12-10-17-9-11-18(28-3)13-20(17)25(22(19)27)14-16-7-5-4-6-8-16/h4-9,11,13,15,19,23H,10,12,14H2,1-3H3,(H,24,26)/t15-,19?/m0/s1. The number of nitrogens with zero attached hydrogens (tertiary/aromatic N) is 1. The molecule has 0 saturated carbocycles. The molecule has 1 unspecified atom stereocenters. The molecule has 6 nitrogen and oxygen atoms in total. The summed E-state index contributed by atoms with van der Waals surface area (Å²) in [5.74, 6) is 0.424. The molecular formula is C22H27N3O3. The van der Waals surface area contributed by atoms with E-state index in [4.69, 9.17) is 4.74 Å². The van der Waals surface area contributed by atoms with Crippen molar-refractivity contribution < 1.29 is 14.3 Å². The summed E-state index contributed by atoms with van der Waals surface area (Å²) in [7, 11) is 3.34. The van der Waals surface area contributed by atoms with Crippen LogP contribution in [0.2, 0.25) is 0 Å². The van der Waals surface area contributed by atoms with Gasteiger partial charge in [-0.15, -0.1) is 0 Å². The fourth-order valence-electron chi connectivity index (χ4n) is 3.35. The van der Waals surface area contributed by atoms with Gasteiger partial charge < -0.3 is 20.3 Å². The van der Waals surface area contributed by atoms with Gasteiger partial charge in [0.25, 0.3) is 0 Å². The molecule has 148 valence electrons. The average molecular weight is 381 g/mol. The predicted octanol–water partition coefficient (Wildman–Crippen LogP) is 2.27. The van der Waals surface area contributed by atoms with E-state index in [0.29, 0.717) is 25.1 Å². The monoisotopic (exact) mass is 381 g/mol. The molecular weight excluding hydrogens is 354 g/mol. The summed E-state index contributed by atoms with van der Waals surface area (Å²) in [6, 6.07) is 14.7. The number of hydrogen-bond acceptors (Lipinski definition) is 4. The number of likely N-dealkylation sites (N-methyl/N-ethyl adjacent to an activating group) is 1. The zero-order chi connectivity index (χ0) is 20.1. The van der Waals surface area contributed by atoms with Crippen molar-refractivity contribution in [3.8, 4) is 5.75 Å². The summed E-state index contributed by atoms with van der Waals surface area (Å²) in [6.45, 7) is 2.21. The molecule has 2 atom stereocenters. The van der Waals surface area contributed by atoms with Gasteiger partial charge in [0.1, 0.15) is 11.8 Å². The Labute approximate surface area is 165 Å². The van der Waals surface area contributed by atoms with Crippen LogP contribution in [-0.4, -0.2) is 38.1 Å². The van der Waals surface area contributed by atoms with Gasteiger partial charge in [-0.1, -0.05) is 36.4 Å². The molecule has 1 heterocycles. The molecule has 0 fully saturated rings. The molecule has 3 rings (SSSR count). The number of carbonyl (C=O) groups excluding carboxylic acids is 2. The van der Waals surface area contributed by atoms with Gasteiger partial charge in [0.2, 0.25) is 11.8 Å². The Morgan fingerprint density at radius 1 is 1.25 bits per heavy atom. The highest BCUT2D eigenvalue weighted by molar-refractivity contribution is 6.01. The van der Waals surface area contributed by atoms with Crippen molar-refractivity contribution >= 4 is 17.5 Å². The molecule has 2 aromatic carbocycles. The van der Waals surface area contributed by atoms with Crippen LogP contribution in [0.25, 0.3) is 0 Å². The fraction of sp³-hybridized carbons (Fsp3) is 0.364. The second-order valence-electron chi connectivity index (χ2n) is 7.01. The second kappa shape index (κ2) is 8.89.